The molecule has 0 spiro atoms. The topological polar surface area (TPSA) is 148 Å². The molecule has 2 fully saturated rings. The number of Topliss-reactive ketones (excluding diaryl/α,β-unsaturated/α-hetero) is 1. The molecule has 2 N–H and O–H groups in total. The van der Waals surface area contributed by atoms with Gasteiger partial charge in [-0.15, -0.1) is 0 Å². The van der Waals surface area contributed by atoms with Crippen LogP contribution in [0.2, 0.25) is 0 Å². The van der Waals surface area contributed by atoms with Crippen molar-refractivity contribution in [3.05, 3.63) is 72.1 Å². The highest BCUT2D eigenvalue weighted by Crippen LogP contribution is 2.64. The van der Waals surface area contributed by atoms with E-state index in [4.69, 9.17) is 4.55 Å². The standard InChI is InChI=1S/C16H14F3N5O.C10H16O4S/c1-10(15-14(19)5-20-7-22-15)16(25,6-24-9-21-8-23-24)12-3-2-11(17)4-13(12)18;1-9(2)7-3-4-10(9,8(11)5-7)6-15(12,13)14/h2-5,7-10,25H,6H2,1H3;7H,3-6H2,1-2H3,(H,12,13,14)/t10-,16+;7?,10-/m11/s1. The van der Waals surface area contributed by atoms with Crippen LogP contribution in [0.3, 0.4) is 0 Å². The van der Waals surface area contributed by atoms with Gasteiger partial charge in [0.2, 0.25) is 0 Å². The van der Waals surface area contributed by atoms with E-state index in [1.54, 1.807) is 0 Å². The molecule has 1 aromatic carbocycles. The normalized spacial score (nSPS) is 23.8. The molecule has 2 aliphatic rings. The fraction of sp³-hybridized carbons (Fsp3) is 0.500. The van der Waals surface area contributed by atoms with Gasteiger partial charge in [-0.3, -0.25) is 9.35 Å². The lowest BCUT2D eigenvalue weighted by Crippen LogP contribution is -2.42. The van der Waals surface area contributed by atoms with Gasteiger partial charge in [0, 0.05) is 24.0 Å². The van der Waals surface area contributed by atoms with Crippen molar-refractivity contribution in [2.75, 3.05) is 5.75 Å². The summed E-state index contributed by atoms with van der Waals surface area (Å²) in [5, 5.41) is 15.2. The van der Waals surface area contributed by atoms with Crippen molar-refractivity contribution >= 4 is 15.9 Å². The number of aliphatic hydroxyl groups is 1. The molecule has 1 unspecified atom stereocenters. The third-order valence-electron chi connectivity index (χ3n) is 8.66. The molecule has 5 rings (SSSR count). The molecule has 14 heteroatoms. The minimum atomic E-state index is -4.08. The van der Waals surface area contributed by atoms with Gasteiger partial charge in [0.1, 0.15) is 42.0 Å². The fourth-order valence-electron chi connectivity index (χ4n) is 6.14. The highest BCUT2D eigenvalue weighted by Gasteiger charge is 2.65. The van der Waals surface area contributed by atoms with Crippen LogP contribution < -0.4 is 0 Å². The zero-order chi connectivity index (χ0) is 29.5. The van der Waals surface area contributed by atoms with Crippen LogP contribution >= 0.6 is 0 Å². The highest BCUT2D eigenvalue weighted by atomic mass is 32.2. The summed E-state index contributed by atoms with van der Waals surface area (Å²) in [6.45, 7) is 5.15. The Kier molecular flexibility index (Phi) is 7.91. The van der Waals surface area contributed by atoms with E-state index in [0.717, 1.165) is 31.1 Å². The molecule has 2 saturated carbocycles. The Bertz CT molecular complexity index is 1500. The second kappa shape index (κ2) is 10.6. The Morgan fingerprint density at radius 3 is 2.42 bits per heavy atom. The van der Waals surface area contributed by atoms with E-state index in [2.05, 4.69) is 20.1 Å². The maximum absolute atomic E-state index is 14.4. The van der Waals surface area contributed by atoms with Crippen LogP contribution in [-0.4, -0.2) is 54.3 Å². The Hall–Kier alpha value is -3.23. The van der Waals surface area contributed by atoms with Gasteiger partial charge < -0.3 is 5.11 Å². The number of hydrogen-bond donors (Lipinski definition) is 2. The summed E-state index contributed by atoms with van der Waals surface area (Å²) in [7, 11) is -4.08. The van der Waals surface area contributed by atoms with Crippen molar-refractivity contribution in [3.8, 4) is 0 Å². The van der Waals surface area contributed by atoms with E-state index in [9.17, 15) is 31.5 Å². The van der Waals surface area contributed by atoms with Gasteiger partial charge >= 0.3 is 0 Å². The van der Waals surface area contributed by atoms with Crippen LogP contribution in [0.25, 0.3) is 0 Å². The fourth-order valence-corrected chi connectivity index (χ4v) is 7.44. The van der Waals surface area contributed by atoms with E-state index < -0.39 is 50.3 Å². The average Bonchev–Trinajstić information content (AvgIpc) is 3.49. The first-order chi connectivity index (χ1) is 18.6. The number of fused-ring (bicyclic) bond motifs is 2. The van der Waals surface area contributed by atoms with Gasteiger partial charge in [-0.2, -0.15) is 13.5 Å². The van der Waals surface area contributed by atoms with Gasteiger partial charge in [0.15, 0.2) is 5.82 Å². The minimum absolute atomic E-state index is 0.0152. The van der Waals surface area contributed by atoms with Crippen LogP contribution in [0, 0.1) is 34.2 Å². The van der Waals surface area contributed by atoms with Gasteiger partial charge in [-0.1, -0.05) is 26.8 Å². The summed E-state index contributed by atoms with van der Waals surface area (Å²) in [5.74, 6) is -3.57. The van der Waals surface area contributed by atoms with E-state index in [0.29, 0.717) is 18.9 Å². The van der Waals surface area contributed by atoms with E-state index >= 15 is 0 Å². The molecule has 40 heavy (non-hydrogen) atoms. The maximum Gasteiger partial charge on any atom is 0.265 e. The predicted molar refractivity (Wildman–Crippen MR) is 136 cm³/mol. The molecule has 2 aliphatic carbocycles. The number of aromatic nitrogens is 5. The SMILES string of the molecule is CC1(C)C2CC[C@@]1(CS(=O)(=O)O)C(=O)C2.C[C@H](c1ncncc1F)[C@@](O)(Cn1cncn1)c1ccc(F)cc1F. The van der Waals surface area contributed by atoms with Gasteiger partial charge in [-0.25, -0.2) is 32.8 Å². The summed E-state index contributed by atoms with van der Waals surface area (Å²) in [5.41, 5.74) is -3.37. The van der Waals surface area contributed by atoms with Crippen LogP contribution in [-0.2, 0) is 27.1 Å². The van der Waals surface area contributed by atoms with Crippen molar-refractivity contribution in [2.24, 2.45) is 16.7 Å². The zero-order valence-electron chi connectivity index (χ0n) is 22.1. The van der Waals surface area contributed by atoms with Crippen LogP contribution in [0.4, 0.5) is 13.2 Å². The van der Waals surface area contributed by atoms with E-state index in [1.807, 2.05) is 13.8 Å². The zero-order valence-corrected chi connectivity index (χ0v) is 22.9. The Morgan fingerprint density at radius 2 is 1.90 bits per heavy atom. The molecular formula is C26H30F3N5O5S. The van der Waals surface area contributed by atoms with E-state index in [1.165, 1.54) is 24.3 Å². The first-order valence-electron chi connectivity index (χ1n) is 12.5. The predicted octanol–water partition coefficient (Wildman–Crippen LogP) is 3.45. The molecule has 10 nitrogen and oxygen atoms in total. The monoisotopic (exact) mass is 581 g/mol. The van der Waals surface area contributed by atoms with Crippen molar-refractivity contribution in [3.63, 3.8) is 0 Å². The highest BCUT2D eigenvalue weighted by molar-refractivity contribution is 7.85. The van der Waals surface area contributed by atoms with Gasteiger partial charge in [0.05, 0.1) is 29.6 Å². The third-order valence-corrected chi connectivity index (χ3v) is 9.52. The Balaban J connectivity index is 0.000000210. The van der Waals surface area contributed by atoms with Crippen molar-refractivity contribution in [1.82, 2.24) is 24.7 Å². The number of rotatable bonds is 7. The first kappa shape index (κ1) is 29.7. The number of carbonyl (C=O) groups is 1. The smallest absolute Gasteiger partial charge is 0.265 e. The summed E-state index contributed by atoms with van der Waals surface area (Å²) >= 11 is 0. The number of carbonyl (C=O) groups excluding carboxylic acids is 1. The summed E-state index contributed by atoms with van der Waals surface area (Å²) in [4.78, 5) is 23.1. The van der Waals surface area contributed by atoms with E-state index in [-0.39, 0.29) is 34.9 Å². The molecule has 216 valence electrons. The lowest BCUT2D eigenvalue weighted by atomic mass is 9.70. The third kappa shape index (κ3) is 5.39. The minimum Gasteiger partial charge on any atom is -0.382 e. The Morgan fingerprint density at radius 1 is 1.18 bits per heavy atom. The van der Waals surface area contributed by atoms with Crippen LogP contribution in [0.15, 0.2) is 43.4 Å². The van der Waals surface area contributed by atoms with Crippen LogP contribution in [0.1, 0.15) is 57.2 Å². The van der Waals surface area contributed by atoms with Crippen molar-refractivity contribution < 1.29 is 36.0 Å². The maximum atomic E-state index is 14.4. The molecule has 2 heterocycles. The molecule has 4 atom stereocenters. The second-order valence-corrected chi connectivity index (χ2v) is 12.5. The lowest BCUT2D eigenvalue weighted by molar-refractivity contribution is -0.128. The molecule has 0 aliphatic heterocycles. The van der Waals surface area contributed by atoms with Crippen molar-refractivity contribution in [1.29, 1.82) is 0 Å². The molecule has 0 amide bonds. The quantitative estimate of drug-likeness (QED) is 0.400. The largest absolute Gasteiger partial charge is 0.382 e. The van der Waals surface area contributed by atoms with Crippen molar-refractivity contribution in [2.45, 2.75) is 58.1 Å². The molecular weight excluding hydrogens is 551 g/mol. The van der Waals surface area contributed by atoms with Crippen LogP contribution in [0.5, 0.6) is 0 Å². The Labute approximate surface area is 229 Å². The number of ketones is 1. The van der Waals surface area contributed by atoms with Gasteiger partial charge in [0.25, 0.3) is 10.1 Å². The molecule has 3 aromatic rings. The second-order valence-electron chi connectivity index (χ2n) is 11.0. The lowest BCUT2D eigenvalue weighted by Gasteiger charge is -2.35. The molecule has 0 saturated heterocycles. The summed E-state index contributed by atoms with van der Waals surface area (Å²) in [6.07, 6.45) is 6.63. The van der Waals surface area contributed by atoms with Gasteiger partial charge in [-0.05, 0) is 30.2 Å². The molecule has 2 bridgehead atoms. The average molecular weight is 582 g/mol. The summed E-state index contributed by atoms with van der Waals surface area (Å²) in [6, 6.07) is 2.80. The number of nitrogens with zero attached hydrogens (tertiary/aromatic N) is 5. The number of benzene rings is 1. The number of hydrogen-bond acceptors (Lipinski definition) is 8. The number of halogens is 3. The molecule has 0 radical (unpaired) electrons. The molecule has 2 aromatic heterocycles. The summed E-state index contributed by atoms with van der Waals surface area (Å²) < 4.78 is 74.0. The first-order valence-corrected chi connectivity index (χ1v) is 14.2.